The highest BCUT2D eigenvalue weighted by molar-refractivity contribution is 5.67. The average Bonchev–Trinajstić information content (AvgIpc) is 3.32. The Balaban J connectivity index is 1.45. The molecule has 0 aliphatic heterocycles. The summed E-state index contributed by atoms with van der Waals surface area (Å²) in [6.07, 6.45) is 8.36. The number of carbonyl (C=O) groups excluding carboxylic acids is 1. The van der Waals surface area contributed by atoms with Gasteiger partial charge in [-0.3, -0.25) is 0 Å². The van der Waals surface area contributed by atoms with Crippen LogP contribution < -0.4 is 5.32 Å². The van der Waals surface area contributed by atoms with Gasteiger partial charge in [0.05, 0.1) is 6.04 Å². The molecule has 0 bridgehead atoms. The molecule has 1 amide bonds. The third-order valence-electron chi connectivity index (χ3n) is 5.40. The van der Waals surface area contributed by atoms with Gasteiger partial charge in [-0.05, 0) is 43.0 Å². The molecule has 0 aliphatic carbocycles. The lowest BCUT2D eigenvalue weighted by Crippen LogP contribution is -2.27. The minimum absolute atomic E-state index is 0.210. The molecule has 3 rings (SSSR count). The van der Waals surface area contributed by atoms with Crippen LogP contribution in [-0.2, 0) is 17.8 Å². The van der Waals surface area contributed by atoms with E-state index in [9.17, 15) is 4.79 Å². The number of ether oxygens (including phenoxy) is 1. The molecule has 1 atom stereocenters. The van der Waals surface area contributed by atoms with Crippen LogP contribution in [0.15, 0.2) is 59.1 Å². The summed E-state index contributed by atoms with van der Waals surface area (Å²) in [4.78, 5) is 16.5. The van der Waals surface area contributed by atoms with Crippen LogP contribution in [0.2, 0.25) is 0 Å². The predicted molar refractivity (Wildman–Crippen MR) is 125 cm³/mol. The number of aryl methyl sites for hydroxylation is 1. The molecule has 0 spiro atoms. The highest BCUT2D eigenvalue weighted by Crippen LogP contribution is 2.21. The van der Waals surface area contributed by atoms with E-state index in [1.54, 1.807) is 6.92 Å². The Bertz CT molecular complexity index is 938. The first-order valence-electron chi connectivity index (χ1n) is 11.6. The highest BCUT2D eigenvalue weighted by atomic mass is 16.5. The van der Waals surface area contributed by atoms with Gasteiger partial charge in [-0.1, -0.05) is 86.6 Å². The van der Waals surface area contributed by atoms with Gasteiger partial charge in [-0.25, -0.2) is 4.79 Å². The summed E-state index contributed by atoms with van der Waals surface area (Å²) < 4.78 is 10.7. The minimum atomic E-state index is -0.522. The number of rotatable bonds is 12. The van der Waals surface area contributed by atoms with Gasteiger partial charge in [0.25, 0.3) is 5.89 Å². The van der Waals surface area contributed by atoms with Gasteiger partial charge in [0.15, 0.2) is 5.82 Å². The van der Waals surface area contributed by atoms with Crippen LogP contribution in [0.1, 0.15) is 75.4 Å². The fraction of sp³-hybridized carbons (Fsp3) is 0.423. The molecule has 0 saturated carbocycles. The largest absolute Gasteiger partial charge is 0.445 e. The molecule has 2 aromatic carbocycles. The summed E-state index contributed by atoms with van der Waals surface area (Å²) in [5.74, 6) is 0.852. The van der Waals surface area contributed by atoms with E-state index in [4.69, 9.17) is 9.26 Å². The van der Waals surface area contributed by atoms with Crippen LogP contribution in [0.4, 0.5) is 4.79 Å². The minimum Gasteiger partial charge on any atom is -0.445 e. The molecule has 0 fully saturated rings. The molecule has 170 valence electrons. The second kappa shape index (κ2) is 12.6. The molecule has 6 heteroatoms. The maximum Gasteiger partial charge on any atom is 0.408 e. The molecular weight excluding hydrogens is 402 g/mol. The molecular formula is C26H33N3O3. The second-order valence-electron chi connectivity index (χ2n) is 8.10. The van der Waals surface area contributed by atoms with E-state index in [0.717, 1.165) is 17.5 Å². The van der Waals surface area contributed by atoms with Crippen molar-refractivity contribution in [3.8, 4) is 11.5 Å². The summed E-state index contributed by atoms with van der Waals surface area (Å²) in [5, 5.41) is 6.75. The van der Waals surface area contributed by atoms with Crippen LogP contribution in [0.3, 0.4) is 0 Å². The van der Waals surface area contributed by atoms with Crippen molar-refractivity contribution in [2.75, 3.05) is 0 Å². The van der Waals surface area contributed by atoms with E-state index < -0.39 is 12.1 Å². The molecule has 0 saturated heterocycles. The molecule has 32 heavy (non-hydrogen) atoms. The van der Waals surface area contributed by atoms with Crippen LogP contribution in [0, 0.1) is 0 Å². The zero-order valence-electron chi connectivity index (χ0n) is 19.0. The van der Waals surface area contributed by atoms with E-state index in [2.05, 4.69) is 34.5 Å². The lowest BCUT2D eigenvalue weighted by Gasteiger charge is -2.10. The summed E-state index contributed by atoms with van der Waals surface area (Å²) in [6.45, 7) is 4.25. The van der Waals surface area contributed by atoms with Crippen molar-refractivity contribution in [3.05, 3.63) is 71.5 Å². The number of aromatic nitrogens is 2. The van der Waals surface area contributed by atoms with Crippen LogP contribution in [-0.4, -0.2) is 16.2 Å². The Morgan fingerprint density at radius 3 is 2.44 bits per heavy atom. The number of nitrogens with zero attached hydrogens (tertiary/aromatic N) is 2. The molecule has 0 aliphatic rings. The Morgan fingerprint density at radius 2 is 1.69 bits per heavy atom. The van der Waals surface area contributed by atoms with Crippen molar-refractivity contribution in [3.63, 3.8) is 0 Å². The normalized spacial score (nSPS) is 11.8. The number of unbranched alkanes of at least 4 members (excludes halogenated alkanes) is 5. The molecule has 1 N–H and O–H groups in total. The van der Waals surface area contributed by atoms with E-state index >= 15 is 0 Å². The Morgan fingerprint density at radius 1 is 0.969 bits per heavy atom. The van der Waals surface area contributed by atoms with E-state index in [1.165, 1.54) is 44.1 Å². The summed E-state index contributed by atoms with van der Waals surface area (Å²) in [6, 6.07) is 17.4. The number of hydrogen-bond acceptors (Lipinski definition) is 5. The average molecular weight is 436 g/mol. The Hall–Kier alpha value is -3.15. The van der Waals surface area contributed by atoms with Gasteiger partial charge >= 0.3 is 6.09 Å². The van der Waals surface area contributed by atoms with Gasteiger partial charge in [-0.2, -0.15) is 4.98 Å². The highest BCUT2D eigenvalue weighted by Gasteiger charge is 2.17. The Kier molecular flexibility index (Phi) is 9.29. The number of amides is 1. The third-order valence-corrected chi connectivity index (χ3v) is 5.40. The van der Waals surface area contributed by atoms with Gasteiger partial charge in [0.1, 0.15) is 6.61 Å². The van der Waals surface area contributed by atoms with E-state index in [1.807, 2.05) is 42.5 Å². The topological polar surface area (TPSA) is 77.2 Å². The van der Waals surface area contributed by atoms with E-state index in [0.29, 0.717) is 11.7 Å². The molecule has 0 unspecified atom stereocenters. The maximum atomic E-state index is 12.1. The molecule has 0 radical (unpaired) electrons. The lowest BCUT2D eigenvalue weighted by molar-refractivity contribution is 0.136. The van der Waals surface area contributed by atoms with Crippen LogP contribution in [0.5, 0.6) is 0 Å². The summed E-state index contributed by atoms with van der Waals surface area (Å²) in [7, 11) is 0. The quantitative estimate of drug-likeness (QED) is 0.323. The fourth-order valence-electron chi connectivity index (χ4n) is 3.46. The zero-order chi connectivity index (χ0) is 22.6. The summed E-state index contributed by atoms with van der Waals surface area (Å²) in [5.41, 5.74) is 3.12. The fourth-order valence-corrected chi connectivity index (χ4v) is 3.46. The van der Waals surface area contributed by atoms with E-state index in [-0.39, 0.29) is 6.61 Å². The number of carbonyl (C=O) groups is 1. The first-order valence-corrected chi connectivity index (χ1v) is 11.6. The number of hydrogen-bond donors (Lipinski definition) is 1. The van der Waals surface area contributed by atoms with Gasteiger partial charge in [0, 0.05) is 5.56 Å². The smallest absolute Gasteiger partial charge is 0.408 e. The van der Waals surface area contributed by atoms with Crippen molar-refractivity contribution in [1.82, 2.24) is 15.5 Å². The zero-order valence-corrected chi connectivity index (χ0v) is 19.0. The lowest BCUT2D eigenvalue weighted by atomic mass is 10.0. The third kappa shape index (κ3) is 7.52. The van der Waals surface area contributed by atoms with Gasteiger partial charge < -0.3 is 14.6 Å². The Labute approximate surface area is 190 Å². The molecule has 6 nitrogen and oxygen atoms in total. The van der Waals surface area contributed by atoms with Gasteiger partial charge in [0.2, 0.25) is 0 Å². The first kappa shape index (κ1) is 23.5. The molecule has 1 aromatic heterocycles. The van der Waals surface area contributed by atoms with Crippen molar-refractivity contribution in [2.45, 2.75) is 71.4 Å². The van der Waals surface area contributed by atoms with Crippen molar-refractivity contribution >= 4 is 6.09 Å². The predicted octanol–water partition coefficient (Wildman–Crippen LogP) is 6.63. The monoisotopic (exact) mass is 435 g/mol. The second-order valence-corrected chi connectivity index (χ2v) is 8.10. The molecule has 1 heterocycles. The van der Waals surface area contributed by atoms with Crippen molar-refractivity contribution < 1.29 is 14.1 Å². The maximum absolute atomic E-state index is 12.1. The van der Waals surface area contributed by atoms with Gasteiger partial charge in [-0.15, -0.1) is 0 Å². The van der Waals surface area contributed by atoms with Crippen molar-refractivity contribution in [1.29, 1.82) is 0 Å². The molecule has 3 aromatic rings. The number of alkyl carbamates (subject to hydrolysis) is 1. The summed E-state index contributed by atoms with van der Waals surface area (Å²) >= 11 is 0. The van der Waals surface area contributed by atoms with Crippen molar-refractivity contribution in [2.24, 2.45) is 0 Å². The standard InChI is InChI=1S/C26H33N3O3/c1-3-4-5-6-7-9-12-21-15-17-23(18-16-21)25-28-24(29-32-25)20(2)27-26(30)31-19-22-13-10-8-11-14-22/h8,10-11,13-18,20H,3-7,9,12,19H2,1-2H3,(H,27,30)/t20-/m0/s1. The SMILES string of the molecule is CCCCCCCCc1ccc(-c2nc([C@H](C)NC(=O)OCc3ccccc3)no2)cc1. The van der Waals surface area contributed by atoms with Crippen LogP contribution in [0.25, 0.3) is 11.5 Å². The number of benzene rings is 2. The first-order chi connectivity index (χ1) is 15.7. The van der Waals surface area contributed by atoms with Crippen LogP contribution >= 0.6 is 0 Å². The number of nitrogens with one attached hydrogen (secondary N) is 1.